The molecule has 1 atom stereocenters. The van der Waals surface area contributed by atoms with E-state index in [1.165, 1.54) is 17.5 Å². The number of amides is 3. The molecule has 1 aliphatic rings. The Morgan fingerprint density at radius 3 is 2.71 bits per heavy atom. The molecule has 13 heteroatoms. The van der Waals surface area contributed by atoms with Gasteiger partial charge >= 0.3 is 0 Å². The number of piperidine rings is 1. The van der Waals surface area contributed by atoms with Gasteiger partial charge in [-0.3, -0.25) is 19.7 Å². The highest BCUT2D eigenvalue weighted by Crippen LogP contribution is 2.28. The lowest BCUT2D eigenvalue weighted by Crippen LogP contribution is -2.47. The van der Waals surface area contributed by atoms with Crippen LogP contribution < -0.4 is 26.6 Å². The number of hydrogen-bond acceptors (Lipinski definition) is 10. The van der Waals surface area contributed by atoms with Gasteiger partial charge in [0.05, 0.1) is 16.9 Å². The predicted octanol–water partition coefficient (Wildman–Crippen LogP) is 5.03. The number of carbonyl (C=O) groups excluding carboxylic acids is 3. The number of aromatic nitrogens is 3. The van der Waals surface area contributed by atoms with Crippen LogP contribution in [-0.4, -0.2) is 38.7 Å². The highest BCUT2D eigenvalue weighted by Gasteiger charge is 2.26. The average molecular weight is 591 g/mol. The second-order valence-electron chi connectivity index (χ2n) is 9.38. The van der Waals surface area contributed by atoms with Crippen molar-refractivity contribution in [2.24, 2.45) is 0 Å². The van der Waals surface area contributed by atoms with Crippen LogP contribution in [0, 0.1) is 13.8 Å². The quantitative estimate of drug-likeness (QED) is 0.169. The Bertz CT molecular complexity index is 1610. The van der Waals surface area contributed by atoms with Gasteiger partial charge in [-0.15, -0.1) is 0 Å². The number of nitrogens with zero attached hydrogens (tertiary/aromatic N) is 3. The highest BCUT2D eigenvalue weighted by molar-refractivity contribution is 7.17. The van der Waals surface area contributed by atoms with Gasteiger partial charge in [-0.05, 0) is 43.5 Å². The zero-order valence-corrected chi connectivity index (χ0v) is 23.8. The summed E-state index contributed by atoms with van der Waals surface area (Å²) in [6.07, 6.45) is 2.23. The van der Waals surface area contributed by atoms with Crippen LogP contribution >= 0.6 is 22.9 Å². The maximum Gasteiger partial charge on any atom is 0.267 e. The molecule has 1 unspecified atom stereocenters. The van der Waals surface area contributed by atoms with Gasteiger partial charge in [0.15, 0.2) is 5.13 Å². The van der Waals surface area contributed by atoms with Crippen molar-refractivity contribution < 1.29 is 14.4 Å². The fourth-order valence-electron chi connectivity index (χ4n) is 4.25. The van der Waals surface area contributed by atoms with Crippen LogP contribution in [0.25, 0.3) is 0 Å². The van der Waals surface area contributed by atoms with Crippen molar-refractivity contribution in [1.82, 2.24) is 20.3 Å². The Kier molecular flexibility index (Phi) is 8.41. The van der Waals surface area contributed by atoms with Gasteiger partial charge in [-0.2, -0.15) is 0 Å². The van der Waals surface area contributed by atoms with E-state index in [4.69, 9.17) is 11.6 Å². The van der Waals surface area contributed by atoms with E-state index in [2.05, 4.69) is 41.5 Å². The maximum atomic E-state index is 12.8. The second-order valence-corrected chi connectivity index (χ2v) is 10.8. The first-order chi connectivity index (χ1) is 19.7. The van der Waals surface area contributed by atoms with Crippen molar-refractivity contribution in [2.75, 3.05) is 21.3 Å². The topological polar surface area (TPSA) is 150 Å². The van der Waals surface area contributed by atoms with Crippen molar-refractivity contribution in [3.8, 4) is 0 Å². The minimum absolute atomic E-state index is 0.254. The number of carbonyl (C=O) groups is 3. The monoisotopic (exact) mass is 590 g/mol. The molecule has 3 amide bonds. The minimum atomic E-state index is -0.482. The molecule has 11 nitrogen and oxygen atoms in total. The molecule has 0 saturated carbocycles. The summed E-state index contributed by atoms with van der Waals surface area (Å²) in [6.45, 7) is 4.08. The summed E-state index contributed by atoms with van der Waals surface area (Å²) in [7, 11) is 0. The number of thiazole rings is 1. The first kappa shape index (κ1) is 28.0. The summed E-state index contributed by atoms with van der Waals surface area (Å²) in [6, 6.07) is 14.3. The zero-order chi connectivity index (χ0) is 28.9. The lowest BCUT2D eigenvalue weighted by Gasteiger charge is -2.24. The van der Waals surface area contributed by atoms with Gasteiger partial charge in [0.1, 0.15) is 28.4 Å². The van der Waals surface area contributed by atoms with Crippen molar-refractivity contribution in [3.63, 3.8) is 0 Å². The fourth-order valence-corrected chi connectivity index (χ4v) is 5.24. The lowest BCUT2D eigenvalue weighted by atomic mass is 10.0. The van der Waals surface area contributed by atoms with Crippen LogP contribution in [0.4, 0.5) is 28.1 Å². The number of anilines is 5. The molecule has 1 saturated heterocycles. The summed E-state index contributed by atoms with van der Waals surface area (Å²) >= 11 is 7.43. The summed E-state index contributed by atoms with van der Waals surface area (Å²) in [5.74, 6) is 0.746. The maximum absolute atomic E-state index is 12.8. The summed E-state index contributed by atoms with van der Waals surface area (Å²) in [5.41, 5.74) is 3.14. The van der Waals surface area contributed by atoms with Crippen LogP contribution in [0.2, 0.25) is 5.02 Å². The molecule has 0 radical (unpaired) electrons. The molecule has 4 aromatic rings. The van der Waals surface area contributed by atoms with E-state index in [1.54, 1.807) is 19.1 Å². The third-order valence-electron chi connectivity index (χ3n) is 6.31. The van der Waals surface area contributed by atoms with Crippen LogP contribution in [-0.2, 0) is 16.1 Å². The number of para-hydroxylation sites is 2. The largest absolute Gasteiger partial charge is 0.373 e. The Morgan fingerprint density at radius 1 is 1.10 bits per heavy atom. The fraction of sp³-hybridized carbons (Fsp3) is 0.214. The molecule has 2 aromatic heterocycles. The normalized spacial score (nSPS) is 14.8. The number of aryl methyl sites for hydroxylation is 2. The lowest BCUT2D eigenvalue weighted by molar-refractivity contribution is -0.133. The molecular weight excluding hydrogens is 564 g/mol. The number of rotatable bonds is 9. The van der Waals surface area contributed by atoms with E-state index in [1.807, 2.05) is 43.3 Å². The molecule has 0 bridgehead atoms. The van der Waals surface area contributed by atoms with E-state index in [9.17, 15) is 14.4 Å². The first-order valence-corrected chi connectivity index (χ1v) is 14.0. The van der Waals surface area contributed by atoms with Gasteiger partial charge in [-0.1, -0.05) is 53.3 Å². The SMILES string of the molecule is Cc1nc(NCc2ccccc2NC2CCC(=O)NC2=O)cc(Nc2ncc(C(=O)Nc3c(C)cccc3Cl)s2)n1. The summed E-state index contributed by atoms with van der Waals surface area (Å²) in [4.78, 5) is 50.1. The van der Waals surface area contributed by atoms with Crippen LogP contribution in [0.15, 0.2) is 54.7 Å². The van der Waals surface area contributed by atoms with E-state index in [-0.39, 0.29) is 17.7 Å². The molecule has 41 heavy (non-hydrogen) atoms. The molecule has 0 spiro atoms. The van der Waals surface area contributed by atoms with E-state index in [0.29, 0.717) is 57.6 Å². The Hall–Kier alpha value is -4.55. The Labute approximate surface area is 245 Å². The Balaban J connectivity index is 1.23. The van der Waals surface area contributed by atoms with Crippen LogP contribution in [0.3, 0.4) is 0 Å². The second kappa shape index (κ2) is 12.3. The minimum Gasteiger partial charge on any atom is -0.373 e. The molecule has 3 heterocycles. The van der Waals surface area contributed by atoms with Gasteiger partial charge in [0.25, 0.3) is 5.91 Å². The smallest absolute Gasteiger partial charge is 0.267 e. The molecule has 2 aromatic carbocycles. The molecule has 5 rings (SSSR count). The number of hydrogen-bond donors (Lipinski definition) is 5. The van der Waals surface area contributed by atoms with Crippen molar-refractivity contribution in [1.29, 1.82) is 0 Å². The van der Waals surface area contributed by atoms with Crippen molar-refractivity contribution in [3.05, 3.63) is 81.6 Å². The zero-order valence-electron chi connectivity index (χ0n) is 22.2. The van der Waals surface area contributed by atoms with Crippen LogP contribution in [0.1, 0.15) is 39.5 Å². The first-order valence-electron chi connectivity index (χ1n) is 12.8. The average Bonchev–Trinajstić information content (AvgIpc) is 3.40. The third kappa shape index (κ3) is 6.97. The standard InChI is InChI=1S/C28H27ClN8O3S/c1-15-6-5-8-18(29)25(15)37-27(40)21-14-31-28(41-21)35-23-12-22(32-16(2)33-23)30-13-17-7-3-4-9-19(17)34-20-10-11-24(38)36-26(20)39/h3-9,12,14,20,34H,10-11,13H2,1-2H3,(H,37,40)(H,36,38,39)(H2,30,31,32,33,35). The van der Waals surface area contributed by atoms with E-state index >= 15 is 0 Å². The van der Waals surface area contributed by atoms with Gasteiger partial charge in [0, 0.05) is 24.7 Å². The van der Waals surface area contributed by atoms with E-state index < -0.39 is 6.04 Å². The third-order valence-corrected chi connectivity index (χ3v) is 7.54. The predicted molar refractivity (Wildman–Crippen MR) is 160 cm³/mol. The Morgan fingerprint density at radius 2 is 1.90 bits per heavy atom. The molecular formula is C28H27ClN8O3S. The van der Waals surface area contributed by atoms with Crippen LogP contribution in [0.5, 0.6) is 0 Å². The van der Waals surface area contributed by atoms with E-state index in [0.717, 1.165) is 16.8 Å². The summed E-state index contributed by atoms with van der Waals surface area (Å²) in [5, 5.41) is 15.9. The van der Waals surface area contributed by atoms with Gasteiger partial charge in [0.2, 0.25) is 11.8 Å². The molecule has 1 aliphatic heterocycles. The number of benzene rings is 2. The number of imide groups is 1. The molecule has 1 fully saturated rings. The number of halogens is 1. The van der Waals surface area contributed by atoms with Gasteiger partial charge in [-0.25, -0.2) is 15.0 Å². The van der Waals surface area contributed by atoms with Crippen molar-refractivity contribution in [2.45, 2.75) is 39.3 Å². The summed E-state index contributed by atoms with van der Waals surface area (Å²) < 4.78 is 0. The van der Waals surface area contributed by atoms with Gasteiger partial charge < -0.3 is 21.3 Å². The molecule has 5 N–H and O–H groups in total. The molecule has 210 valence electrons. The number of nitrogens with one attached hydrogen (secondary N) is 5. The highest BCUT2D eigenvalue weighted by atomic mass is 35.5. The molecule has 0 aliphatic carbocycles. The van der Waals surface area contributed by atoms with Crippen molar-refractivity contribution >= 4 is 68.8 Å².